The fourth-order valence-electron chi connectivity index (χ4n) is 4.68. The third-order valence-corrected chi connectivity index (χ3v) is 8.16. The van der Waals surface area contributed by atoms with Crippen molar-refractivity contribution in [1.82, 2.24) is 14.5 Å². The first-order valence-corrected chi connectivity index (χ1v) is 12.7. The van der Waals surface area contributed by atoms with Gasteiger partial charge in [0.15, 0.2) is 0 Å². The van der Waals surface area contributed by atoms with Gasteiger partial charge >= 0.3 is 0 Å². The van der Waals surface area contributed by atoms with Crippen LogP contribution in [0.25, 0.3) is 0 Å². The van der Waals surface area contributed by atoms with Gasteiger partial charge in [-0.3, -0.25) is 4.90 Å². The molecule has 2 aliphatic heterocycles. The van der Waals surface area contributed by atoms with Crippen LogP contribution in [0.4, 0.5) is 5.69 Å². The van der Waals surface area contributed by atoms with E-state index in [1.54, 1.807) is 25.3 Å². The monoisotopic (exact) mass is 458 g/mol. The average molecular weight is 459 g/mol. The Morgan fingerprint density at radius 3 is 2.47 bits per heavy atom. The smallest absolute Gasteiger partial charge is 0.240 e. The Hall–Kier alpha value is -2.13. The van der Waals surface area contributed by atoms with Gasteiger partial charge in [-0.25, -0.2) is 13.1 Å². The van der Waals surface area contributed by atoms with Gasteiger partial charge in [0.05, 0.1) is 12.0 Å². The summed E-state index contributed by atoms with van der Waals surface area (Å²) in [7, 11) is 2.21. The fraction of sp³-hybridized carbons (Fsp3) is 0.500. The van der Waals surface area contributed by atoms with Gasteiger partial charge in [0, 0.05) is 58.0 Å². The first-order valence-electron chi connectivity index (χ1n) is 11.2. The molecule has 0 aromatic heterocycles. The summed E-state index contributed by atoms with van der Waals surface area (Å²) in [6.07, 6.45) is 1.03. The molecule has 2 aromatic rings. The number of sulfonamides is 1. The zero-order valence-corrected chi connectivity index (χ0v) is 20.3. The number of methoxy groups -OCH3 is 1. The van der Waals surface area contributed by atoms with Crippen molar-refractivity contribution < 1.29 is 13.2 Å². The lowest BCUT2D eigenvalue weighted by Crippen LogP contribution is -2.48. The van der Waals surface area contributed by atoms with Crippen molar-refractivity contribution in [3.63, 3.8) is 0 Å². The van der Waals surface area contributed by atoms with Gasteiger partial charge in [0.2, 0.25) is 10.0 Å². The molecule has 1 N–H and O–H groups in total. The maximum atomic E-state index is 13.1. The van der Waals surface area contributed by atoms with Crippen LogP contribution in [-0.2, 0) is 16.4 Å². The van der Waals surface area contributed by atoms with Crippen molar-refractivity contribution in [2.24, 2.45) is 0 Å². The lowest BCUT2D eigenvalue weighted by Gasteiger charge is -2.38. The third kappa shape index (κ3) is 4.78. The molecule has 0 bridgehead atoms. The van der Waals surface area contributed by atoms with Gasteiger partial charge in [-0.05, 0) is 61.3 Å². The Morgan fingerprint density at radius 1 is 1.03 bits per heavy atom. The molecular formula is C24H34N4O3S. The number of fused-ring (bicyclic) bond motifs is 1. The normalized spacial score (nSPS) is 18.6. The van der Waals surface area contributed by atoms with E-state index < -0.39 is 10.0 Å². The summed E-state index contributed by atoms with van der Waals surface area (Å²) in [5.41, 5.74) is 4.60. The lowest BCUT2D eigenvalue weighted by molar-refractivity contribution is 0.113. The predicted molar refractivity (Wildman–Crippen MR) is 128 cm³/mol. The Bertz CT molecular complexity index is 1060. The zero-order valence-electron chi connectivity index (χ0n) is 19.5. The average Bonchev–Trinajstić information content (AvgIpc) is 3.15. The van der Waals surface area contributed by atoms with Gasteiger partial charge < -0.3 is 14.5 Å². The van der Waals surface area contributed by atoms with E-state index >= 15 is 0 Å². The van der Waals surface area contributed by atoms with E-state index in [9.17, 15) is 8.42 Å². The molecule has 0 aliphatic carbocycles. The quantitative estimate of drug-likeness (QED) is 0.687. The molecule has 2 heterocycles. The second kappa shape index (κ2) is 9.39. The largest absolute Gasteiger partial charge is 0.496 e. The minimum absolute atomic E-state index is 0.00553. The Kier molecular flexibility index (Phi) is 6.76. The number of nitrogens with one attached hydrogen (secondary N) is 1. The summed E-state index contributed by atoms with van der Waals surface area (Å²) >= 11 is 0. The van der Waals surface area contributed by atoms with E-state index in [0.29, 0.717) is 12.3 Å². The molecule has 7 nitrogen and oxygen atoms in total. The summed E-state index contributed by atoms with van der Waals surface area (Å²) in [6.45, 7) is 7.02. The molecule has 1 atom stereocenters. The molecule has 0 radical (unpaired) electrons. The van der Waals surface area contributed by atoms with Gasteiger partial charge in [-0.15, -0.1) is 0 Å². The number of aryl methyl sites for hydroxylation is 1. The van der Waals surface area contributed by atoms with Crippen LogP contribution in [0.3, 0.4) is 0 Å². The van der Waals surface area contributed by atoms with Crippen molar-refractivity contribution in [2.75, 3.05) is 65.4 Å². The van der Waals surface area contributed by atoms with E-state index in [2.05, 4.69) is 51.7 Å². The maximum Gasteiger partial charge on any atom is 0.240 e. The summed E-state index contributed by atoms with van der Waals surface area (Å²) in [5.74, 6) is 0.683. The van der Waals surface area contributed by atoms with Crippen molar-refractivity contribution >= 4 is 15.7 Å². The van der Waals surface area contributed by atoms with Gasteiger partial charge in [0.25, 0.3) is 0 Å². The molecule has 2 aliphatic rings. The van der Waals surface area contributed by atoms with Crippen LogP contribution in [0.5, 0.6) is 5.75 Å². The van der Waals surface area contributed by atoms with Crippen LogP contribution in [0, 0.1) is 6.92 Å². The maximum absolute atomic E-state index is 13.1. The van der Waals surface area contributed by atoms with E-state index in [1.807, 2.05) is 6.92 Å². The van der Waals surface area contributed by atoms with Crippen LogP contribution < -0.4 is 14.4 Å². The molecule has 32 heavy (non-hydrogen) atoms. The molecule has 0 saturated carbocycles. The molecule has 0 amide bonds. The number of piperazine rings is 1. The highest BCUT2D eigenvalue weighted by Crippen LogP contribution is 2.31. The molecule has 2 aromatic carbocycles. The second-order valence-corrected chi connectivity index (χ2v) is 10.7. The van der Waals surface area contributed by atoms with Crippen molar-refractivity contribution in [3.05, 3.63) is 53.1 Å². The first kappa shape index (κ1) is 23.0. The molecule has 4 rings (SSSR count). The molecule has 0 spiro atoms. The zero-order chi connectivity index (χ0) is 22.9. The number of hydrogen-bond acceptors (Lipinski definition) is 6. The molecule has 8 heteroatoms. The third-order valence-electron chi connectivity index (χ3n) is 6.74. The van der Waals surface area contributed by atoms with Crippen LogP contribution in [0.1, 0.15) is 22.7 Å². The van der Waals surface area contributed by atoms with E-state index in [-0.39, 0.29) is 10.9 Å². The number of nitrogens with zero attached hydrogens (tertiary/aromatic N) is 3. The number of rotatable bonds is 7. The molecule has 1 unspecified atom stereocenters. The minimum atomic E-state index is -3.63. The van der Waals surface area contributed by atoms with Gasteiger partial charge in [-0.1, -0.05) is 12.1 Å². The Morgan fingerprint density at radius 2 is 1.78 bits per heavy atom. The summed E-state index contributed by atoms with van der Waals surface area (Å²) in [6, 6.07) is 11.6. The highest BCUT2D eigenvalue weighted by molar-refractivity contribution is 7.89. The standard InChI is InChI=1S/C24H34N4O3S/c1-18-15-21(6-8-24(18)31-4)32(29,30)25-17-23(28-13-11-26(2)12-14-28)19-5-7-22-20(16-19)9-10-27(22)3/h5-8,15-16,23,25H,9-14,17H2,1-4H3. The first-order chi connectivity index (χ1) is 15.3. The van der Waals surface area contributed by atoms with Crippen LogP contribution in [-0.4, -0.2) is 78.7 Å². The lowest BCUT2D eigenvalue weighted by atomic mass is 10.0. The molecule has 1 saturated heterocycles. The SMILES string of the molecule is COc1ccc(S(=O)(=O)NCC(c2ccc3c(c2)CCN3C)N2CCN(C)CC2)cc1C. The van der Waals surface area contributed by atoms with Crippen LogP contribution in [0.15, 0.2) is 41.3 Å². The second-order valence-electron chi connectivity index (χ2n) is 8.90. The van der Waals surface area contributed by atoms with Crippen molar-refractivity contribution in [1.29, 1.82) is 0 Å². The minimum Gasteiger partial charge on any atom is -0.496 e. The van der Waals surface area contributed by atoms with Crippen molar-refractivity contribution in [2.45, 2.75) is 24.3 Å². The summed E-state index contributed by atoms with van der Waals surface area (Å²) < 4.78 is 34.4. The van der Waals surface area contributed by atoms with Crippen molar-refractivity contribution in [3.8, 4) is 5.75 Å². The highest BCUT2D eigenvalue weighted by Gasteiger charge is 2.27. The summed E-state index contributed by atoms with van der Waals surface area (Å²) in [4.78, 5) is 7.26. The number of benzene rings is 2. The van der Waals surface area contributed by atoms with Crippen LogP contribution in [0.2, 0.25) is 0 Å². The number of likely N-dealkylation sites (N-methyl/N-ethyl adjacent to an activating group) is 2. The van der Waals surface area contributed by atoms with Crippen LogP contribution >= 0.6 is 0 Å². The number of hydrogen-bond donors (Lipinski definition) is 1. The predicted octanol–water partition coefficient (Wildman–Crippen LogP) is 2.26. The molecule has 174 valence electrons. The van der Waals surface area contributed by atoms with E-state index in [1.165, 1.54) is 16.8 Å². The molecule has 1 fully saturated rings. The Labute approximate surface area is 192 Å². The van der Waals surface area contributed by atoms with E-state index in [4.69, 9.17) is 4.74 Å². The van der Waals surface area contributed by atoms with E-state index in [0.717, 1.165) is 44.7 Å². The van der Waals surface area contributed by atoms with Gasteiger partial charge in [0.1, 0.15) is 5.75 Å². The Balaban J connectivity index is 1.57. The number of anilines is 1. The topological polar surface area (TPSA) is 65.1 Å². The fourth-order valence-corrected chi connectivity index (χ4v) is 5.80. The highest BCUT2D eigenvalue weighted by atomic mass is 32.2. The number of ether oxygens (including phenoxy) is 1. The molecular weight excluding hydrogens is 424 g/mol. The summed E-state index contributed by atoms with van der Waals surface area (Å²) in [5, 5.41) is 0. The van der Waals surface area contributed by atoms with Gasteiger partial charge in [-0.2, -0.15) is 0 Å².